The first-order valence-corrected chi connectivity index (χ1v) is 6.27. The normalized spacial score (nSPS) is 11.3. The second-order valence-corrected chi connectivity index (χ2v) is 3.96. The number of hydrogen-bond donors (Lipinski definition) is 1. The van der Waals surface area contributed by atoms with Crippen molar-refractivity contribution >= 4 is 0 Å². The molecular weight excluding hydrogens is 170 g/mol. The van der Waals surface area contributed by atoms with Gasteiger partial charge in [0.1, 0.15) is 0 Å². The molecule has 0 bridgehead atoms. The summed E-state index contributed by atoms with van der Waals surface area (Å²) in [4.78, 5) is 0. The van der Waals surface area contributed by atoms with Crippen LogP contribution in [0, 0.1) is 0 Å². The molecular formula is C13H27N. The van der Waals surface area contributed by atoms with E-state index in [0.29, 0.717) is 0 Å². The van der Waals surface area contributed by atoms with Gasteiger partial charge >= 0.3 is 0 Å². The molecule has 14 heavy (non-hydrogen) atoms. The van der Waals surface area contributed by atoms with Crippen molar-refractivity contribution in [3.63, 3.8) is 0 Å². The van der Waals surface area contributed by atoms with Crippen LogP contribution in [-0.4, -0.2) is 6.54 Å². The maximum atomic E-state index is 5.42. The van der Waals surface area contributed by atoms with Crippen LogP contribution < -0.4 is 5.73 Å². The summed E-state index contributed by atoms with van der Waals surface area (Å²) in [5.74, 6) is 0. The van der Waals surface area contributed by atoms with E-state index < -0.39 is 0 Å². The van der Waals surface area contributed by atoms with Crippen molar-refractivity contribution in [3.8, 4) is 0 Å². The Labute approximate surface area is 89.8 Å². The highest BCUT2D eigenvalue weighted by molar-refractivity contribution is 4.81. The first kappa shape index (κ1) is 13.7. The molecule has 0 atom stereocenters. The van der Waals surface area contributed by atoms with E-state index in [-0.39, 0.29) is 0 Å². The molecule has 0 aromatic heterocycles. The molecule has 1 heteroatoms. The third kappa shape index (κ3) is 11.7. The van der Waals surface area contributed by atoms with Crippen molar-refractivity contribution in [1.82, 2.24) is 0 Å². The number of allylic oxidation sites excluding steroid dienone is 2. The van der Waals surface area contributed by atoms with Crippen molar-refractivity contribution in [2.24, 2.45) is 5.73 Å². The lowest BCUT2D eigenvalue weighted by atomic mass is 10.1. The fourth-order valence-corrected chi connectivity index (χ4v) is 1.51. The Kier molecular flexibility index (Phi) is 12.4. The predicted molar refractivity (Wildman–Crippen MR) is 65.4 cm³/mol. The molecule has 0 aromatic rings. The Balaban J connectivity index is 2.96. The number of unbranched alkanes of at least 4 members (excludes halogenated alkanes) is 7. The first-order valence-electron chi connectivity index (χ1n) is 6.27. The molecule has 0 amide bonds. The minimum Gasteiger partial charge on any atom is -0.330 e. The molecule has 0 aromatic carbocycles. The molecule has 0 saturated heterocycles. The van der Waals surface area contributed by atoms with E-state index >= 15 is 0 Å². The topological polar surface area (TPSA) is 26.0 Å². The standard InChI is InChI=1S/C13H27N/c1-2-3-4-5-6-7-8-9-10-11-12-13-14/h7-8H,2-6,9-14H2,1H3/b8-7+. The second-order valence-electron chi connectivity index (χ2n) is 3.96. The van der Waals surface area contributed by atoms with Gasteiger partial charge in [0.15, 0.2) is 0 Å². The molecule has 0 heterocycles. The van der Waals surface area contributed by atoms with Crippen LogP contribution in [0.4, 0.5) is 0 Å². The zero-order chi connectivity index (χ0) is 10.5. The maximum absolute atomic E-state index is 5.42. The number of rotatable bonds is 10. The quantitative estimate of drug-likeness (QED) is 0.415. The van der Waals surface area contributed by atoms with Crippen LogP contribution in [0.15, 0.2) is 12.2 Å². The van der Waals surface area contributed by atoms with Crippen LogP contribution in [0.5, 0.6) is 0 Å². The van der Waals surface area contributed by atoms with Crippen molar-refractivity contribution in [2.45, 2.75) is 64.7 Å². The zero-order valence-electron chi connectivity index (χ0n) is 9.80. The summed E-state index contributed by atoms with van der Waals surface area (Å²) >= 11 is 0. The summed E-state index contributed by atoms with van der Waals surface area (Å²) in [5, 5.41) is 0. The zero-order valence-corrected chi connectivity index (χ0v) is 9.80. The van der Waals surface area contributed by atoms with E-state index in [1.807, 2.05) is 0 Å². The van der Waals surface area contributed by atoms with Crippen LogP contribution in [0.3, 0.4) is 0 Å². The Morgan fingerprint density at radius 2 is 1.36 bits per heavy atom. The minimum absolute atomic E-state index is 0.848. The lowest BCUT2D eigenvalue weighted by Crippen LogP contribution is -1.97. The van der Waals surface area contributed by atoms with Gasteiger partial charge in [-0.2, -0.15) is 0 Å². The monoisotopic (exact) mass is 197 g/mol. The van der Waals surface area contributed by atoms with Crippen LogP contribution >= 0.6 is 0 Å². The van der Waals surface area contributed by atoms with E-state index in [0.717, 1.165) is 6.54 Å². The molecule has 1 nitrogen and oxygen atoms in total. The third-order valence-corrected chi connectivity index (χ3v) is 2.47. The van der Waals surface area contributed by atoms with Crippen molar-refractivity contribution in [3.05, 3.63) is 12.2 Å². The van der Waals surface area contributed by atoms with Gasteiger partial charge in [-0.3, -0.25) is 0 Å². The van der Waals surface area contributed by atoms with E-state index in [1.165, 1.54) is 57.8 Å². The third-order valence-electron chi connectivity index (χ3n) is 2.47. The summed E-state index contributed by atoms with van der Waals surface area (Å²) in [6.45, 7) is 3.11. The van der Waals surface area contributed by atoms with E-state index in [2.05, 4.69) is 19.1 Å². The molecule has 0 unspecified atom stereocenters. The second kappa shape index (κ2) is 12.7. The summed E-state index contributed by atoms with van der Waals surface area (Å²) in [7, 11) is 0. The van der Waals surface area contributed by atoms with Gasteiger partial charge in [0.2, 0.25) is 0 Å². The van der Waals surface area contributed by atoms with Crippen molar-refractivity contribution in [1.29, 1.82) is 0 Å². The molecule has 0 spiro atoms. The highest BCUT2D eigenvalue weighted by Gasteiger charge is 1.86. The van der Waals surface area contributed by atoms with Gasteiger partial charge in [-0.15, -0.1) is 0 Å². The average molecular weight is 197 g/mol. The Morgan fingerprint density at radius 1 is 0.786 bits per heavy atom. The van der Waals surface area contributed by atoms with Gasteiger partial charge in [-0.25, -0.2) is 0 Å². The molecule has 0 radical (unpaired) electrons. The van der Waals surface area contributed by atoms with Crippen molar-refractivity contribution < 1.29 is 0 Å². The highest BCUT2D eigenvalue weighted by Crippen LogP contribution is 2.04. The molecule has 0 aliphatic rings. The van der Waals surface area contributed by atoms with Crippen LogP contribution in [0.2, 0.25) is 0 Å². The summed E-state index contributed by atoms with van der Waals surface area (Å²) in [6, 6.07) is 0. The SMILES string of the molecule is CCCCCC/C=C/CCCCCN. The predicted octanol–water partition coefficient (Wildman–Crippen LogP) is 4.03. The molecule has 0 rings (SSSR count). The van der Waals surface area contributed by atoms with Gasteiger partial charge < -0.3 is 5.73 Å². The molecule has 0 aliphatic heterocycles. The molecule has 84 valence electrons. The van der Waals surface area contributed by atoms with Gasteiger partial charge in [-0.1, -0.05) is 44.8 Å². The smallest absolute Gasteiger partial charge is 0.00773 e. The number of nitrogens with two attached hydrogens (primary N) is 1. The van der Waals surface area contributed by atoms with Gasteiger partial charge in [0, 0.05) is 0 Å². The Morgan fingerprint density at radius 3 is 1.86 bits per heavy atom. The van der Waals surface area contributed by atoms with Crippen LogP contribution in [0.1, 0.15) is 64.7 Å². The van der Waals surface area contributed by atoms with Crippen LogP contribution in [-0.2, 0) is 0 Å². The van der Waals surface area contributed by atoms with E-state index in [4.69, 9.17) is 5.73 Å². The largest absolute Gasteiger partial charge is 0.330 e. The van der Waals surface area contributed by atoms with Gasteiger partial charge in [-0.05, 0) is 38.6 Å². The fourth-order valence-electron chi connectivity index (χ4n) is 1.51. The number of hydrogen-bond acceptors (Lipinski definition) is 1. The molecule has 0 fully saturated rings. The summed E-state index contributed by atoms with van der Waals surface area (Å²) in [5.41, 5.74) is 5.42. The van der Waals surface area contributed by atoms with E-state index in [9.17, 15) is 0 Å². The van der Waals surface area contributed by atoms with Crippen LogP contribution in [0.25, 0.3) is 0 Å². The summed E-state index contributed by atoms with van der Waals surface area (Å²) in [6.07, 6.45) is 16.5. The highest BCUT2D eigenvalue weighted by atomic mass is 14.5. The maximum Gasteiger partial charge on any atom is -0.00773 e. The average Bonchev–Trinajstić information content (AvgIpc) is 2.21. The fraction of sp³-hybridized carbons (Fsp3) is 0.846. The van der Waals surface area contributed by atoms with Gasteiger partial charge in [0.05, 0.1) is 0 Å². The lowest BCUT2D eigenvalue weighted by molar-refractivity contribution is 0.670. The van der Waals surface area contributed by atoms with E-state index in [1.54, 1.807) is 0 Å². The Hall–Kier alpha value is -0.300. The Bertz CT molecular complexity index is 104. The minimum atomic E-state index is 0.848. The van der Waals surface area contributed by atoms with Crippen molar-refractivity contribution in [2.75, 3.05) is 6.54 Å². The molecule has 0 aliphatic carbocycles. The lowest BCUT2D eigenvalue weighted by Gasteiger charge is -1.95. The molecule has 2 N–H and O–H groups in total. The van der Waals surface area contributed by atoms with Gasteiger partial charge in [0.25, 0.3) is 0 Å². The summed E-state index contributed by atoms with van der Waals surface area (Å²) < 4.78 is 0. The first-order chi connectivity index (χ1) is 6.91. The molecule has 0 saturated carbocycles.